The van der Waals surface area contributed by atoms with Crippen LogP contribution in [-0.4, -0.2) is 37.3 Å². The summed E-state index contributed by atoms with van der Waals surface area (Å²) in [5, 5.41) is -0.178. The lowest BCUT2D eigenvalue weighted by atomic mass is 10.1. The minimum Gasteiger partial charge on any atom is -0.497 e. The molecule has 0 aliphatic rings. The molecule has 2 aromatic rings. The van der Waals surface area contributed by atoms with Crippen molar-refractivity contribution < 1.29 is 37.0 Å². The maximum atomic E-state index is 14.3. The molecule has 2 rings (SSSR count). The van der Waals surface area contributed by atoms with Crippen molar-refractivity contribution in [3.05, 3.63) is 59.4 Å². The molecule has 0 aliphatic carbocycles. The van der Waals surface area contributed by atoms with Crippen molar-refractivity contribution >= 4 is 34.4 Å². The molecule has 0 radical (unpaired) electrons. The van der Waals surface area contributed by atoms with E-state index in [0.717, 1.165) is 23.4 Å². The second-order valence-electron chi connectivity index (χ2n) is 6.22. The number of ether oxygens (including phenoxy) is 3. The number of rotatable bonds is 9. The van der Waals surface area contributed by atoms with Crippen LogP contribution in [-0.2, 0) is 24.8 Å². The van der Waals surface area contributed by atoms with Crippen molar-refractivity contribution in [1.29, 1.82) is 0 Å². The average Bonchev–Trinajstić information content (AvgIpc) is 2.78. The Morgan fingerprint density at radius 1 is 0.938 bits per heavy atom. The summed E-state index contributed by atoms with van der Waals surface area (Å²) in [6, 6.07) is 8.56. The van der Waals surface area contributed by atoms with Crippen LogP contribution in [0.15, 0.2) is 41.4 Å². The van der Waals surface area contributed by atoms with Crippen LogP contribution in [0.1, 0.15) is 19.4 Å². The third kappa shape index (κ3) is 6.49. The van der Waals surface area contributed by atoms with Gasteiger partial charge >= 0.3 is 11.9 Å². The highest BCUT2D eigenvalue weighted by Gasteiger charge is 2.35. The molecule has 0 amide bonds. The molecule has 0 fully saturated rings. The molecule has 0 unspecified atom stereocenters. The van der Waals surface area contributed by atoms with Gasteiger partial charge in [-0.1, -0.05) is 12.1 Å². The molecule has 2 aromatic carbocycles. The fraction of sp³-hybridized carbons (Fsp3) is 0.318. The quantitative estimate of drug-likeness (QED) is 0.172. The maximum Gasteiger partial charge on any atom is 0.327 e. The number of methoxy groups -OCH3 is 1. The summed E-state index contributed by atoms with van der Waals surface area (Å²) in [7, 11) is 1.52. The monoisotopic (exact) mass is 469 g/mol. The van der Waals surface area contributed by atoms with E-state index in [1.54, 1.807) is 38.1 Å². The van der Waals surface area contributed by atoms with Gasteiger partial charge in [0.2, 0.25) is 5.92 Å². The van der Waals surface area contributed by atoms with Crippen LogP contribution in [0.25, 0.3) is 0 Å². The van der Waals surface area contributed by atoms with Crippen LogP contribution in [0, 0.1) is 23.4 Å². The molecule has 0 heterocycles. The van der Waals surface area contributed by atoms with Crippen molar-refractivity contribution in [2.45, 2.75) is 19.6 Å². The lowest BCUT2D eigenvalue weighted by Gasteiger charge is -2.17. The van der Waals surface area contributed by atoms with E-state index >= 15 is 0 Å². The molecule has 0 bridgehead atoms. The Morgan fingerprint density at radius 2 is 1.53 bits per heavy atom. The van der Waals surface area contributed by atoms with E-state index in [4.69, 9.17) is 14.2 Å². The van der Waals surface area contributed by atoms with E-state index in [1.807, 2.05) is 0 Å². The van der Waals surface area contributed by atoms with Crippen molar-refractivity contribution in [2.75, 3.05) is 20.3 Å². The van der Waals surface area contributed by atoms with Gasteiger partial charge in [-0.3, -0.25) is 9.59 Å². The number of thioether (sulfide) groups is 1. The summed E-state index contributed by atoms with van der Waals surface area (Å²) in [5.41, 5.74) is 0.209. The van der Waals surface area contributed by atoms with Crippen molar-refractivity contribution in [3.63, 3.8) is 0 Å². The first-order valence-electron chi connectivity index (χ1n) is 9.63. The highest BCUT2D eigenvalue weighted by molar-refractivity contribution is 8.13. The van der Waals surface area contributed by atoms with Crippen molar-refractivity contribution in [3.8, 4) is 5.75 Å². The van der Waals surface area contributed by atoms with Crippen LogP contribution in [0.5, 0.6) is 5.75 Å². The summed E-state index contributed by atoms with van der Waals surface area (Å²) in [6.45, 7) is 3.06. The van der Waals surface area contributed by atoms with E-state index in [9.17, 15) is 22.8 Å². The van der Waals surface area contributed by atoms with Gasteiger partial charge in [-0.05, 0) is 43.7 Å². The van der Waals surface area contributed by atoms with E-state index < -0.39 is 41.0 Å². The van der Waals surface area contributed by atoms with Gasteiger partial charge < -0.3 is 14.2 Å². The lowest BCUT2D eigenvalue weighted by Crippen LogP contribution is -2.33. The summed E-state index contributed by atoms with van der Waals surface area (Å²) < 4.78 is 56.3. The third-order valence-electron chi connectivity index (χ3n) is 4.08. The van der Waals surface area contributed by atoms with E-state index in [-0.39, 0.29) is 24.0 Å². The van der Waals surface area contributed by atoms with Gasteiger partial charge in [0.25, 0.3) is 0 Å². The standard InChI is InChI=1S/C22H22F3NO5S/c1-4-30-21(27)17(22(28)31-5-2)20(26-16-11-10-15(23)18(24)19(16)25)32-12-13-6-8-14(29-3)9-7-13/h6-11,17H,4-5,12H2,1-3H3. The van der Waals surface area contributed by atoms with Crippen LogP contribution in [0.4, 0.5) is 18.9 Å². The van der Waals surface area contributed by atoms with Crippen LogP contribution < -0.4 is 4.74 Å². The van der Waals surface area contributed by atoms with Crippen LogP contribution >= 0.6 is 11.8 Å². The molecule has 10 heteroatoms. The number of hydrogen-bond donors (Lipinski definition) is 0. The van der Waals surface area contributed by atoms with E-state index in [1.165, 1.54) is 7.11 Å². The fourth-order valence-corrected chi connectivity index (χ4v) is 3.56. The maximum absolute atomic E-state index is 14.3. The van der Waals surface area contributed by atoms with Crippen LogP contribution in [0.3, 0.4) is 0 Å². The van der Waals surface area contributed by atoms with Gasteiger partial charge in [-0.15, -0.1) is 11.8 Å². The molecule has 6 nitrogen and oxygen atoms in total. The minimum atomic E-state index is -1.71. The molecule has 0 aromatic heterocycles. The van der Waals surface area contributed by atoms with Crippen molar-refractivity contribution in [1.82, 2.24) is 0 Å². The number of carbonyl (C=O) groups excluding carboxylic acids is 2. The van der Waals surface area contributed by atoms with E-state index in [0.29, 0.717) is 11.8 Å². The smallest absolute Gasteiger partial charge is 0.327 e. The number of benzene rings is 2. The largest absolute Gasteiger partial charge is 0.497 e. The van der Waals surface area contributed by atoms with E-state index in [2.05, 4.69) is 4.99 Å². The second-order valence-corrected chi connectivity index (χ2v) is 7.21. The Labute approximate surface area is 187 Å². The number of hydrogen-bond acceptors (Lipinski definition) is 7. The van der Waals surface area contributed by atoms with Gasteiger partial charge in [-0.2, -0.15) is 0 Å². The van der Waals surface area contributed by atoms with Crippen LogP contribution in [0.2, 0.25) is 0 Å². The second kappa shape index (κ2) is 12.1. The molecule has 0 saturated carbocycles. The number of aliphatic imine (C=N–C) groups is 1. The van der Waals surface area contributed by atoms with Crippen molar-refractivity contribution in [2.24, 2.45) is 10.9 Å². The molecule has 32 heavy (non-hydrogen) atoms. The number of halogens is 3. The summed E-state index contributed by atoms with van der Waals surface area (Å²) >= 11 is 0.943. The summed E-state index contributed by atoms with van der Waals surface area (Å²) in [6.07, 6.45) is 0. The Kier molecular flexibility index (Phi) is 9.58. The zero-order chi connectivity index (χ0) is 23.7. The first-order valence-corrected chi connectivity index (χ1v) is 10.6. The molecule has 0 spiro atoms. The van der Waals surface area contributed by atoms with Gasteiger partial charge in [0, 0.05) is 5.75 Å². The highest BCUT2D eigenvalue weighted by Crippen LogP contribution is 2.29. The molecule has 0 N–H and O–H groups in total. The SMILES string of the molecule is CCOC(=O)C(C(=O)OCC)C(=Nc1ccc(F)c(F)c1F)SCc1ccc(OC)cc1. The number of carbonyl (C=O) groups is 2. The summed E-state index contributed by atoms with van der Waals surface area (Å²) in [5.74, 6) is -7.30. The molecule has 0 saturated heterocycles. The van der Waals surface area contributed by atoms with Gasteiger partial charge in [0.1, 0.15) is 11.4 Å². The predicted octanol–water partition coefficient (Wildman–Crippen LogP) is 4.82. The van der Waals surface area contributed by atoms with Gasteiger partial charge in [0.15, 0.2) is 17.5 Å². The zero-order valence-electron chi connectivity index (χ0n) is 17.7. The zero-order valence-corrected chi connectivity index (χ0v) is 18.5. The average molecular weight is 469 g/mol. The molecular weight excluding hydrogens is 447 g/mol. The molecule has 0 atom stereocenters. The van der Waals surface area contributed by atoms with Gasteiger partial charge in [0.05, 0.1) is 25.4 Å². The van der Waals surface area contributed by atoms with Gasteiger partial charge in [-0.25, -0.2) is 18.2 Å². The molecule has 0 aliphatic heterocycles. The predicted molar refractivity (Wildman–Crippen MR) is 114 cm³/mol. The number of esters is 2. The lowest BCUT2D eigenvalue weighted by molar-refractivity contribution is -0.157. The highest BCUT2D eigenvalue weighted by atomic mass is 32.2. The first-order chi connectivity index (χ1) is 15.3. The third-order valence-corrected chi connectivity index (χ3v) is 5.18. The Hall–Kier alpha value is -3.01. The number of nitrogens with zero attached hydrogens (tertiary/aromatic N) is 1. The molecular formula is C22H22F3NO5S. The Morgan fingerprint density at radius 3 is 2.06 bits per heavy atom. The minimum absolute atomic E-state index is 0.0231. The normalized spacial score (nSPS) is 11.4. The first kappa shape index (κ1) is 25.3. The molecule has 172 valence electrons. The fourth-order valence-electron chi connectivity index (χ4n) is 2.53. The Balaban J connectivity index is 2.48. The Bertz CT molecular complexity index is 964. The topological polar surface area (TPSA) is 74.2 Å². The summed E-state index contributed by atoms with van der Waals surface area (Å²) in [4.78, 5) is 29.0.